The van der Waals surface area contributed by atoms with E-state index in [0.29, 0.717) is 5.56 Å². The van der Waals surface area contributed by atoms with E-state index in [4.69, 9.17) is 17.3 Å². The number of nitro groups is 1. The van der Waals surface area contributed by atoms with Crippen LogP contribution in [0.5, 0.6) is 0 Å². The highest BCUT2D eigenvalue weighted by molar-refractivity contribution is 6.33. The molecule has 0 radical (unpaired) electrons. The van der Waals surface area contributed by atoms with Crippen molar-refractivity contribution in [1.82, 2.24) is 4.98 Å². The first-order chi connectivity index (χ1) is 5.54. The molecule has 0 saturated carbocycles. The highest BCUT2D eigenvalue weighted by Crippen LogP contribution is 2.28. The smallest absolute Gasteiger partial charge is 0.306 e. The van der Waals surface area contributed by atoms with Gasteiger partial charge in [-0.1, -0.05) is 11.6 Å². The van der Waals surface area contributed by atoms with Gasteiger partial charge in [-0.3, -0.25) is 10.1 Å². The van der Waals surface area contributed by atoms with E-state index in [1.807, 2.05) is 0 Å². The Morgan fingerprint density at radius 2 is 2.33 bits per heavy atom. The van der Waals surface area contributed by atoms with Gasteiger partial charge in [0.2, 0.25) is 0 Å². The van der Waals surface area contributed by atoms with Gasteiger partial charge in [-0.2, -0.15) is 0 Å². The summed E-state index contributed by atoms with van der Waals surface area (Å²) in [6.45, 7) is 1.58. The Bertz CT molecular complexity index is 340. The normalized spacial score (nSPS) is 9.83. The fourth-order valence-electron chi connectivity index (χ4n) is 0.716. The van der Waals surface area contributed by atoms with Crippen molar-refractivity contribution < 1.29 is 4.92 Å². The van der Waals surface area contributed by atoms with Crippen LogP contribution in [0.25, 0.3) is 0 Å². The summed E-state index contributed by atoms with van der Waals surface area (Å²) in [7, 11) is 0. The molecular formula is C6H6ClN3O2. The number of halogens is 1. The molecule has 0 amide bonds. The van der Waals surface area contributed by atoms with Crippen LogP contribution in [0, 0.1) is 17.0 Å². The molecule has 0 aromatic carbocycles. The first-order valence-corrected chi connectivity index (χ1v) is 3.46. The number of pyridine rings is 1. The van der Waals surface area contributed by atoms with Crippen LogP contribution >= 0.6 is 11.6 Å². The second kappa shape index (κ2) is 2.94. The highest BCUT2D eigenvalue weighted by atomic mass is 35.5. The summed E-state index contributed by atoms with van der Waals surface area (Å²) < 4.78 is 0. The van der Waals surface area contributed by atoms with Gasteiger partial charge in [0.05, 0.1) is 4.92 Å². The van der Waals surface area contributed by atoms with Gasteiger partial charge in [0.25, 0.3) is 0 Å². The van der Waals surface area contributed by atoms with E-state index in [9.17, 15) is 10.1 Å². The predicted octanol–water partition coefficient (Wildman–Crippen LogP) is 1.53. The minimum Gasteiger partial charge on any atom is -0.383 e. The molecule has 64 valence electrons. The number of hydrogen-bond acceptors (Lipinski definition) is 4. The zero-order valence-electron chi connectivity index (χ0n) is 6.24. The van der Waals surface area contributed by atoms with Crippen molar-refractivity contribution in [3.8, 4) is 0 Å². The topological polar surface area (TPSA) is 82.0 Å². The summed E-state index contributed by atoms with van der Waals surface area (Å²) in [6.07, 6.45) is 1.05. The Morgan fingerprint density at radius 3 is 2.83 bits per heavy atom. The lowest BCUT2D eigenvalue weighted by Gasteiger charge is -2.00. The molecule has 5 nitrogen and oxygen atoms in total. The predicted molar refractivity (Wildman–Crippen MR) is 45.1 cm³/mol. The zero-order chi connectivity index (χ0) is 9.30. The largest absolute Gasteiger partial charge is 0.383 e. The van der Waals surface area contributed by atoms with Crippen LogP contribution in [0.15, 0.2) is 6.20 Å². The Hall–Kier alpha value is -1.36. The first kappa shape index (κ1) is 8.73. The average Bonchev–Trinajstić information content (AvgIpc) is 2.00. The molecule has 0 bridgehead atoms. The molecule has 1 aromatic rings. The SMILES string of the molecule is Cc1c(N)ncc([N+](=O)[O-])c1Cl. The van der Waals surface area contributed by atoms with E-state index in [0.717, 1.165) is 6.20 Å². The van der Waals surface area contributed by atoms with Gasteiger partial charge < -0.3 is 5.73 Å². The molecule has 0 atom stereocenters. The van der Waals surface area contributed by atoms with Crippen molar-refractivity contribution in [2.45, 2.75) is 6.92 Å². The molecule has 1 aromatic heterocycles. The summed E-state index contributed by atoms with van der Waals surface area (Å²) >= 11 is 5.63. The standard InChI is InChI=1S/C6H6ClN3O2/c1-3-5(7)4(10(11)12)2-9-6(3)8/h2H,1H3,(H2,8,9). The molecule has 0 saturated heterocycles. The minimum absolute atomic E-state index is 0.0486. The van der Waals surface area contributed by atoms with Gasteiger partial charge in [-0.15, -0.1) is 0 Å². The number of aromatic nitrogens is 1. The van der Waals surface area contributed by atoms with Gasteiger partial charge >= 0.3 is 5.69 Å². The van der Waals surface area contributed by atoms with Crippen molar-refractivity contribution in [2.75, 3.05) is 5.73 Å². The zero-order valence-corrected chi connectivity index (χ0v) is 7.00. The maximum Gasteiger partial charge on any atom is 0.306 e. The number of nitrogens with two attached hydrogens (primary N) is 1. The maximum absolute atomic E-state index is 10.3. The van der Waals surface area contributed by atoms with Gasteiger partial charge in [-0.05, 0) is 6.92 Å². The van der Waals surface area contributed by atoms with E-state index in [1.54, 1.807) is 6.92 Å². The number of anilines is 1. The maximum atomic E-state index is 10.3. The van der Waals surface area contributed by atoms with Crippen LogP contribution in [0.1, 0.15) is 5.56 Å². The van der Waals surface area contributed by atoms with Gasteiger partial charge in [0, 0.05) is 5.56 Å². The third-order valence-corrected chi connectivity index (χ3v) is 1.94. The molecular weight excluding hydrogens is 182 g/mol. The van der Waals surface area contributed by atoms with Crippen molar-refractivity contribution in [3.63, 3.8) is 0 Å². The van der Waals surface area contributed by atoms with E-state index in [2.05, 4.69) is 4.98 Å². The fourth-order valence-corrected chi connectivity index (χ4v) is 0.931. The minimum atomic E-state index is -0.595. The van der Waals surface area contributed by atoms with Crippen LogP contribution in [0.2, 0.25) is 5.02 Å². The molecule has 1 heterocycles. The van der Waals surface area contributed by atoms with Gasteiger partial charge in [0.15, 0.2) is 0 Å². The molecule has 0 unspecified atom stereocenters. The molecule has 0 aliphatic heterocycles. The van der Waals surface area contributed by atoms with Crippen LogP contribution in [0.3, 0.4) is 0 Å². The quantitative estimate of drug-likeness (QED) is 0.534. The molecule has 0 aliphatic carbocycles. The summed E-state index contributed by atoms with van der Waals surface area (Å²) in [5, 5.41) is 10.4. The lowest BCUT2D eigenvalue weighted by atomic mass is 10.2. The van der Waals surface area contributed by atoms with Gasteiger partial charge in [-0.25, -0.2) is 4.98 Å². The number of hydrogen-bond donors (Lipinski definition) is 1. The molecule has 1 rings (SSSR count). The highest BCUT2D eigenvalue weighted by Gasteiger charge is 2.16. The van der Waals surface area contributed by atoms with Crippen molar-refractivity contribution in [3.05, 3.63) is 26.9 Å². The lowest BCUT2D eigenvalue weighted by molar-refractivity contribution is -0.385. The second-order valence-corrected chi connectivity index (χ2v) is 2.60. The van der Waals surface area contributed by atoms with Gasteiger partial charge in [0.1, 0.15) is 17.0 Å². The monoisotopic (exact) mass is 187 g/mol. The summed E-state index contributed by atoms with van der Waals surface area (Å²) in [6, 6.07) is 0. The van der Waals surface area contributed by atoms with Crippen LogP contribution in [-0.2, 0) is 0 Å². The number of nitrogens with zero attached hydrogens (tertiary/aromatic N) is 2. The van der Waals surface area contributed by atoms with Crippen LogP contribution < -0.4 is 5.73 Å². The Kier molecular flexibility index (Phi) is 2.14. The third kappa shape index (κ3) is 1.31. The Balaban J connectivity index is 3.36. The van der Waals surface area contributed by atoms with E-state index in [1.165, 1.54) is 0 Å². The lowest BCUT2D eigenvalue weighted by Crippen LogP contribution is -1.98. The number of rotatable bonds is 1. The van der Waals surface area contributed by atoms with Crippen molar-refractivity contribution >= 4 is 23.1 Å². The first-order valence-electron chi connectivity index (χ1n) is 3.09. The third-order valence-electron chi connectivity index (χ3n) is 1.46. The van der Waals surface area contributed by atoms with E-state index in [-0.39, 0.29) is 16.5 Å². The second-order valence-electron chi connectivity index (χ2n) is 2.22. The average molecular weight is 188 g/mol. The Labute approximate surface area is 73.3 Å². The molecule has 6 heteroatoms. The molecule has 2 N–H and O–H groups in total. The summed E-state index contributed by atoms with van der Waals surface area (Å²) in [5.41, 5.74) is 5.59. The molecule has 0 aliphatic rings. The Morgan fingerprint density at radius 1 is 1.75 bits per heavy atom. The van der Waals surface area contributed by atoms with Crippen molar-refractivity contribution in [2.24, 2.45) is 0 Å². The van der Waals surface area contributed by atoms with E-state index >= 15 is 0 Å². The van der Waals surface area contributed by atoms with Crippen LogP contribution in [-0.4, -0.2) is 9.91 Å². The number of nitrogen functional groups attached to an aromatic ring is 1. The fraction of sp³-hybridized carbons (Fsp3) is 0.167. The summed E-state index contributed by atoms with van der Waals surface area (Å²) in [4.78, 5) is 13.3. The molecule has 12 heavy (non-hydrogen) atoms. The van der Waals surface area contributed by atoms with Crippen LogP contribution in [0.4, 0.5) is 11.5 Å². The van der Waals surface area contributed by atoms with Crippen molar-refractivity contribution in [1.29, 1.82) is 0 Å². The molecule has 0 fully saturated rings. The van der Waals surface area contributed by atoms with E-state index < -0.39 is 4.92 Å². The molecule has 0 spiro atoms. The summed E-state index contributed by atoms with van der Waals surface area (Å²) in [5.74, 6) is 0.214.